The van der Waals surface area contributed by atoms with Gasteiger partial charge in [-0.2, -0.15) is 0 Å². The number of benzene rings is 2. The zero-order valence-corrected chi connectivity index (χ0v) is 18.5. The molecule has 7 heteroatoms. The molecule has 0 bridgehead atoms. The van der Waals surface area contributed by atoms with Crippen LogP contribution >= 0.6 is 11.3 Å². The fourth-order valence-corrected chi connectivity index (χ4v) is 4.97. The molecule has 3 aromatic rings. The van der Waals surface area contributed by atoms with Crippen molar-refractivity contribution in [1.82, 2.24) is 4.98 Å². The van der Waals surface area contributed by atoms with E-state index in [0.717, 1.165) is 58.1 Å². The second-order valence-corrected chi connectivity index (χ2v) is 9.09. The van der Waals surface area contributed by atoms with Crippen LogP contribution in [0.1, 0.15) is 53.4 Å². The first kappa shape index (κ1) is 23.7. The number of aryl methyl sites for hydroxylation is 3. The van der Waals surface area contributed by atoms with Crippen LogP contribution in [-0.4, -0.2) is 24.1 Å². The van der Waals surface area contributed by atoms with Crippen molar-refractivity contribution < 1.29 is 19.4 Å². The number of nitrogens with zero attached hydrogens (tertiary/aromatic N) is 1. The quantitative estimate of drug-likeness (QED) is 0.427. The molecule has 1 atom stereocenters. The summed E-state index contributed by atoms with van der Waals surface area (Å²) in [7, 11) is 0. The molecule has 172 valence electrons. The summed E-state index contributed by atoms with van der Waals surface area (Å²) >= 11 is 1.68. The van der Waals surface area contributed by atoms with Crippen LogP contribution in [-0.2, 0) is 17.6 Å². The molecule has 0 spiro atoms. The van der Waals surface area contributed by atoms with Crippen LogP contribution in [0.25, 0.3) is 10.6 Å². The molecule has 0 aliphatic heterocycles. The smallest absolute Gasteiger partial charge is 0.303 e. The molecule has 0 saturated carbocycles. The van der Waals surface area contributed by atoms with Gasteiger partial charge in [0.25, 0.3) is 1.45 Å². The van der Waals surface area contributed by atoms with Crippen LogP contribution in [0.3, 0.4) is 0 Å². The van der Waals surface area contributed by atoms with E-state index in [4.69, 9.17) is 25.3 Å². The third-order valence-electron chi connectivity index (χ3n) is 5.76. The number of carbonyl (C=O) groups is 1. The lowest BCUT2D eigenvalue weighted by molar-refractivity contribution is -0.137. The Labute approximate surface area is 194 Å². The van der Waals surface area contributed by atoms with Gasteiger partial charge < -0.3 is 15.6 Å². The summed E-state index contributed by atoms with van der Waals surface area (Å²) in [5, 5.41) is 10.0. The Bertz CT molecular complexity index is 1100. The number of thiazole rings is 1. The molecule has 5 nitrogen and oxygen atoms in total. The minimum Gasteiger partial charge on any atom is -0.493 e. The van der Waals surface area contributed by atoms with Gasteiger partial charge in [-0.15, -0.1) is 11.3 Å². The number of nitrogen functional groups attached to an aromatic ring is 1. The second kappa shape index (κ2) is 10.6. The molecule has 1 aliphatic rings. The lowest BCUT2D eigenvalue weighted by Gasteiger charge is -2.10. The number of ether oxygens (including phenoxy) is 1. The van der Waals surface area contributed by atoms with Crippen LogP contribution in [0, 0.1) is 13.8 Å². The predicted octanol–water partition coefficient (Wildman–Crippen LogP) is 5.92. The van der Waals surface area contributed by atoms with Crippen molar-refractivity contribution in [2.45, 2.75) is 52.9 Å². The summed E-state index contributed by atoms with van der Waals surface area (Å²) in [6, 6.07) is 12.1. The van der Waals surface area contributed by atoms with E-state index in [0.29, 0.717) is 6.61 Å². The largest absolute Gasteiger partial charge is 0.493 e. The van der Waals surface area contributed by atoms with E-state index in [2.05, 4.69) is 20.5 Å². The van der Waals surface area contributed by atoms with Crippen LogP contribution in [0.5, 0.6) is 5.75 Å². The molecule has 0 saturated heterocycles. The number of aromatic nitrogens is 1. The number of carboxylic acid groups (broad SMARTS) is 1. The summed E-state index contributed by atoms with van der Waals surface area (Å²) < 4.78 is 19.0. The Hall–Kier alpha value is -2.93. The van der Waals surface area contributed by atoms with Crippen molar-refractivity contribution >= 4 is 23.0 Å². The highest BCUT2D eigenvalue weighted by molar-refractivity contribution is 7.15. The molecule has 1 heterocycles. The minimum atomic E-state index is -0.737. The van der Waals surface area contributed by atoms with Crippen molar-refractivity contribution in [3.05, 3.63) is 63.7 Å². The molecular weight excluding hydrogens is 427 g/mol. The molecule has 3 N–H and O–H groups in total. The topological polar surface area (TPSA) is 85.4 Å². The minimum absolute atomic E-state index is 0. The highest BCUT2D eigenvalue weighted by atomic mass is 32.1. The zero-order valence-electron chi connectivity index (χ0n) is 18.7. The van der Waals surface area contributed by atoms with Crippen LogP contribution in [0.2, 0.25) is 0 Å². The predicted molar refractivity (Wildman–Crippen MR) is 130 cm³/mol. The molecule has 1 aliphatic carbocycles. The average molecular weight is 461 g/mol. The normalized spacial score (nSPS) is 14.5. The third kappa shape index (κ3) is 5.46. The molecule has 0 unspecified atom stereocenters. The van der Waals surface area contributed by atoms with Gasteiger partial charge in [0.2, 0.25) is 0 Å². The van der Waals surface area contributed by atoms with E-state index >= 15 is 0 Å². The second-order valence-electron chi connectivity index (χ2n) is 7.89. The number of anilines is 1. The maximum absolute atomic E-state index is 11.0. The van der Waals surface area contributed by atoms with Gasteiger partial charge in [0.15, 0.2) is 0 Å². The summed E-state index contributed by atoms with van der Waals surface area (Å²) in [5.41, 5.74) is 12.4. The van der Waals surface area contributed by atoms with Gasteiger partial charge in [-0.25, -0.2) is 4.98 Å². The number of halogens is 1. The molecule has 0 fully saturated rings. The van der Waals surface area contributed by atoms with Gasteiger partial charge >= 0.3 is 5.97 Å². The maximum Gasteiger partial charge on any atom is 0.303 e. The highest BCUT2D eigenvalue weighted by Crippen LogP contribution is 2.37. The first-order valence-electron chi connectivity index (χ1n) is 10.6. The number of hydrogen-bond donors (Lipinski definition) is 2. The summed E-state index contributed by atoms with van der Waals surface area (Å²) in [5.74, 6) is 0.224. The molecule has 32 heavy (non-hydrogen) atoms. The average Bonchev–Trinajstić information content (AvgIpc) is 3.34. The van der Waals surface area contributed by atoms with E-state index in [1.54, 1.807) is 11.3 Å². The van der Waals surface area contributed by atoms with Gasteiger partial charge in [-0.1, -0.05) is 25.6 Å². The SMILES string of the molecule is C.Cc1ccc(-c2nc(CCOc3ccc4c(c3)CC[C@H]4CC(=O)O)c(C)s2)cc1N.[3H]F. The van der Waals surface area contributed by atoms with Gasteiger partial charge in [0.1, 0.15) is 10.8 Å². The number of rotatable bonds is 7. The Morgan fingerprint density at radius 1 is 1.31 bits per heavy atom. The number of aliphatic carboxylic acids is 1. The number of carboxylic acids is 1. The fraction of sp³-hybridized carbons (Fsp3) is 0.360. The number of hydrogen-bond acceptors (Lipinski definition) is 5. The van der Waals surface area contributed by atoms with E-state index in [-0.39, 0.29) is 19.8 Å². The molecule has 4 rings (SSSR count). The van der Waals surface area contributed by atoms with E-state index in [1.807, 2.05) is 31.2 Å². The van der Waals surface area contributed by atoms with Gasteiger partial charge in [-0.3, -0.25) is 9.51 Å². The summed E-state index contributed by atoms with van der Waals surface area (Å²) in [6.07, 6.45) is 2.75. The van der Waals surface area contributed by atoms with Gasteiger partial charge in [0, 0.05) is 22.5 Å². The van der Waals surface area contributed by atoms with Crippen molar-refractivity contribution in [1.29, 1.82) is 1.45 Å². The van der Waals surface area contributed by atoms with Crippen molar-refractivity contribution in [3.63, 3.8) is 0 Å². The first-order valence-corrected chi connectivity index (χ1v) is 11.0. The maximum atomic E-state index is 11.0. The first-order chi connectivity index (χ1) is 15.4. The van der Waals surface area contributed by atoms with E-state index < -0.39 is 5.97 Å². The van der Waals surface area contributed by atoms with Crippen molar-refractivity contribution in [3.8, 4) is 16.3 Å². The molecule has 1 aromatic heterocycles. The van der Waals surface area contributed by atoms with Crippen LogP contribution in [0.15, 0.2) is 36.4 Å². The Balaban J connectivity index is 0.00000125. The van der Waals surface area contributed by atoms with Crippen molar-refractivity contribution in [2.24, 2.45) is 0 Å². The molecule has 0 radical (unpaired) electrons. The summed E-state index contributed by atoms with van der Waals surface area (Å²) in [6.45, 7) is 4.64. The van der Waals surface area contributed by atoms with Crippen LogP contribution in [0.4, 0.5) is 10.4 Å². The Morgan fingerprint density at radius 2 is 2.09 bits per heavy atom. The van der Waals surface area contributed by atoms with E-state index in [9.17, 15) is 4.79 Å². The number of nitrogens with two attached hydrogens (primary N) is 1. The summed E-state index contributed by atoms with van der Waals surface area (Å²) in [4.78, 5) is 17.0. The van der Waals surface area contributed by atoms with E-state index in [1.165, 1.54) is 10.4 Å². The standard InChI is InChI=1S/C24H26N2O3S.CH4.FH/c1-14-3-4-18(12-21(14)25)24-26-22(15(2)30-24)9-10-29-19-7-8-20-16(11-19)5-6-17(20)13-23(27)28;;/h3-4,7-8,11-12,17H,5-6,9-10,13,25H2,1-2H3,(H,27,28);1H4;1H/t17-;;/m0../s1/i/hT. The highest BCUT2D eigenvalue weighted by Gasteiger charge is 2.24. The molecule has 2 aromatic carbocycles. The van der Waals surface area contributed by atoms with Crippen LogP contribution < -0.4 is 10.5 Å². The fourth-order valence-electron chi connectivity index (χ4n) is 4.02. The lowest BCUT2D eigenvalue weighted by Crippen LogP contribution is -2.04. The van der Waals surface area contributed by atoms with Crippen molar-refractivity contribution in [2.75, 3.05) is 12.3 Å². The molecular formula is C25H31FN2O3S. The lowest BCUT2D eigenvalue weighted by atomic mass is 9.98. The Kier molecular flexibility index (Phi) is 7.85. The zero-order chi connectivity index (χ0) is 23.3. The van der Waals surface area contributed by atoms with Gasteiger partial charge in [0.05, 0.1) is 18.7 Å². The third-order valence-corrected chi connectivity index (χ3v) is 6.83. The monoisotopic (exact) mass is 460 g/mol. The number of fused-ring (bicyclic) bond motifs is 1. The molecule has 0 amide bonds. The van der Waals surface area contributed by atoms with Gasteiger partial charge in [-0.05, 0) is 67.5 Å². The Morgan fingerprint density at radius 3 is 2.81 bits per heavy atom.